The van der Waals surface area contributed by atoms with Gasteiger partial charge in [-0.05, 0) is 13.8 Å². The molecule has 0 fully saturated rings. The zero-order valence-electron chi connectivity index (χ0n) is 5.80. The molecular formula is C6H7N3S. The molecule has 2 heterocycles. The van der Waals surface area contributed by atoms with Gasteiger partial charge < -0.3 is 0 Å². The Labute approximate surface area is 62.1 Å². The summed E-state index contributed by atoms with van der Waals surface area (Å²) in [4.78, 5) is 4.21. The first kappa shape index (κ1) is 5.85. The second-order valence-corrected chi connectivity index (χ2v) is 3.44. The van der Waals surface area contributed by atoms with Gasteiger partial charge in [0.15, 0.2) is 5.65 Å². The van der Waals surface area contributed by atoms with Gasteiger partial charge in [-0.25, -0.2) is 4.98 Å². The summed E-state index contributed by atoms with van der Waals surface area (Å²) in [5, 5.41) is 7.97. The van der Waals surface area contributed by atoms with Gasteiger partial charge in [0, 0.05) is 0 Å². The van der Waals surface area contributed by atoms with Crippen molar-refractivity contribution in [1.29, 1.82) is 0 Å². The molecule has 0 aliphatic heterocycles. The highest BCUT2D eigenvalue weighted by molar-refractivity contribution is 7.18. The molecule has 0 amide bonds. The normalized spacial score (nSPS) is 11.0. The molecule has 52 valence electrons. The first-order chi connectivity index (χ1) is 4.77. The van der Waals surface area contributed by atoms with Gasteiger partial charge in [-0.2, -0.15) is 5.10 Å². The van der Waals surface area contributed by atoms with E-state index in [1.807, 2.05) is 13.8 Å². The fraction of sp³-hybridized carbons (Fsp3) is 0.333. The SMILES string of the molecule is Cc1nc2n[nH]c(C)c2s1. The summed E-state index contributed by atoms with van der Waals surface area (Å²) < 4.78 is 1.18. The van der Waals surface area contributed by atoms with Gasteiger partial charge >= 0.3 is 0 Å². The van der Waals surface area contributed by atoms with Crippen LogP contribution in [-0.2, 0) is 0 Å². The van der Waals surface area contributed by atoms with Crippen molar-refractivity contribution < 1.29 is 0 Å². The Morgan fingerprint density at radius 2 is 2.20 bits per heavy atom. The van der Waals surface area contributed by atoms with E-state index in [4.69, 9.17) is 0 Å². The molecule has 2 aromatic rings. The molecule has 0 saturated carbocycles. The van der Waals surface area contributed by atoms with E-state index in [9.17, 15) is 0 Å². The highest BCUT2D eigenvalue weighted by atomic mass is 32.1. The molecule has 0 aliphatic carbocycles. The van der Waals surface area contributed by atoms with E-state index in [2.05, 4.69) is 15.2 Å². The number of fused-ring (bicyclic) bond motifs is 1. The number of rotatable bonds is 0. The Bertz CT molecular complexity index is 360. The zero-order valence-corrected chi connectivity index (χ0v) is 6.62. The second-order valence-electron chi connectivity index (χ2n) is 2.23. The monoisotopic (exact) mass is 153 g/mol. The first-order valence-electron chi connectivity index (χ1n) is 3.05. The van der Waals surface area contributed by atoms with Crippen molar-refractivity contribution in [3.05, 3.63) is 10.7 Å². The van der Waals surface area contributed by atoms with Crippen LogP contribution in [0.5, 0.6) is 0 Å². The maximum absolute atomic E-state index is 4.21. The van der Waals surface area contributed by atoms with Gasteiger partial charge in [0.1, 0.15) is 0 Å². The number of nitrogens with zero attached hydrogens (tertiary/aromatic N) is 2. The number of hydrogen-bond acceptors (Lipinski definition) is 3. The summed E-state index contributed by atoms with van der Waals surface area (Å²) >= 11 is 1.68. The average molecular weight is 153 g/mol. The Kier molecular flexibility index (Phi) is 1.05. The van der Waals surface area contributed by atoms with E-state index >= 15 is 0 Å². The summed E-state index contributed by atoms with van der Waals surface area (Å²) in [5.74, 6) is 0. The van der Waals surface area contributed by atoms with Gasteiger partial charge in [0.25, 0.3) is 0 Å². The Morgan fingerprint density at radius 3 is 2.90 bits per heavy atom. The summed E-state index contributed by atoms with van der Waals surface area (Å²) in [6.45, 7) is 4.00. The molecule has 10 heavy (non-hydrogen) atoms. The van der Waals surface area contributed by atoms with Crippen molar-refractivity contribution in [2.75, 3.05) is 0 Å². The molecule has 0 bridgehead atoms. The number of aromatic amines is 1. The third-order valence-corrected chi connectivity index (χ3v) is 2.47. The lowest BCUT2D eigenvalue weighted by atomic mass is 10.5. The van der Waals surface area contributed by atoms with Crippen LogP contribution >= 0.6 is 11.3 Å². The lowest BCUT2D eigenvalue weighted by Crippen LogP contribution is -1.71. The number of thiazole rings is 1. The molecule has 2 aromatic heterocycles. The fourth-order valence-corrected chi connectivity index (χ4v) is 1.73. The van der Waals surface area contributed by atoms with Crippen LogP contribution in [0.1, 0.15) is 10.7 Å². The van der Waals surface area contributed by atoms with Crippen molar-refractivity contribution in [2.24, 2.45) is 0 Å². The first-order valence-corrected chi connectivity index (χ1v) is 3.87. The minimum Gasteiger partial charge on any atom is -0.279 e. The number of aromatic nitrogens is 3. The van der Waals surface area contributed by atoms with Crippen LogP contribution in [0.15, 0.2) is 0 Å². The molecule has 1 N–H and O–H groups in total. The Balaban J connectivity index is 2.90. The molecule has 0 aromatic carbocycles. The Hall–Kier alpha value is -0.900. The highest BCUT2D eigenvalue weighted by Crippen LogP contribution is 2.21. The maximum Gasteiger partial charge on any atom is 0.192 e. The fourth-order valence-electron chi connectivity index (χ4n) is 0.924. The van der Waals surface area contributed by atoms with Crippen molar-refractivity contribution >= 4 is 21.7 Å². The number of nitrogens with one attached hydrogen (secondary N) is 1. The van der Waals surface area contributed by atoms with Gasteiger partial charge in [0.05, 0.1) is 15.4 Å². The standard InChI is InChI=1S/C6H7N3S/c1-3-5-6(9-8-3)7-4(2)10-5/h1-2H3,(H,8,9). The van der Waals surface area contributed by atoms with E-state index in [0.29, 0.717) is 0 Å². The van der Waals surface area contributed by atoms with Crippen molar-refractivity contribution in [2.45, 2.75) is 13.8 Å². The molecule has 0 saturated heterocycles. The van der Waals surface area contributed by atoms with Gasteiger partial charge in [-0.1, -0.05) is 0 Å². The molecule has 4 heteroatoms. The second kappa shape index (κ2) is 1.79. The lowest BCUT2D eigenvalue weighted by Gasteiger charge is -1.76. The molecule has 3 nitrogen and oxygen atoms in total. The molecule has 0 unspecified atom stereocenters. The molecule has 0 radical (unpaired) electrons. The number of hydrogen-bond donors (Lipinski definition) is 1. The Morgan fingerprint density at radius 1 is 1.40 bits per heavy atom. The minimum absolute atomic E-state index is 0.847. The highest BCUT2D eigenvalue weighted by Gasteiger charge is 2.04. The van der Waals surface area contributed by atoms with Crippen molar-refractivity contribution in [3.63, 3.8) is 0 Å². The summed E-state index contributed by atoms with van der Waals surface area (Å²) in [7, 11) is 0. The van der Waals surface area contributed by atoms with Crippen molar-refractivity contribution in [1.82, 2.24) is 15.2 Å². The smallest absolute Gasteiger partial charge is 0.192 e. The predicted octanol–water partition coefficient (Wildman–Crippen LogP) is 1.64. The summed E-state index contributed by atoms with van der Waals surface area (Å²) in [5.41, 5.74) is 1.96. The maximum atomic E-state index is 4.21. The average Bonchev–Trinajstić information content (AvgIpc) is 2.35. The van der Waals surface area contributed by atoms with E-state index in [1.165, 1.54) is 4.70 Å². The van der Waals surface area contributed by atoms with Crippen molar-refractivity contribution in [3.8, 4) is 0 Å². The topological polar surface area (TPSA) is 41.6 Å². The minimum atomic E-state index is 0.847. The quantitative estimate of drug-likeness (QED) is 0.625. The molecule has 2 rings (SSSR count). The largest absolute Gasteiger partial charge is 0.279 e. The molecule has 0 spiro atoms. The van der Waals surface area contributed by atoms with Crippen LogP contribution in [0.4, 0.5) is 0 Å². The van der Waals surface area contributed by atoms with Gasteiger partial charge in [0.2, 0.25) is 0 Å². The van der Waals surface area contributed by atoms with Crippen LogP contribution in [0, 0.1) is 13.8 Å². The van der Waals surface area contributed by atoms with E-state index in [1.54, 1.807) is 11.3 Å². The summed E-state index contributed by atoms with van der Waals surface area (Å²) in [6, 6.07) is 0. The van der Waals surface area contributed by atoms with Crippen LogP contribution in [0.2, 0.25) is 0 Å². The third kappa shape index (κ3) is 0.654. The summed E-state index contributed by atoms with van der Waals surface area (Å²) in [6.07, 6.45) is 0. The molecule has 0 atom stereocenters. The van der Waals surface area contributed by atoms with E-state index < -0.39 is 0 Å². The van der Waals surface area contributed by atoms with Gasteiger partial charge in [-0.3, -0.25) is 5.10 Å². The van der Waals surface area contributed by atoms with Crippen LogP contribution in [0.3, 0.4) is 0 Å². The molecular weight excluding hydrogens is 146 g/mol. The predicted molar refractivity (Wildman–Crippen MR) is 41.2 cm³/mol. The van der Waals surface area contributed by atoms with E-state index in [-0.39, 0.29) is 0 Å². The van der Waals surface area contributed by atoms with Crippen LogP contribution in [-0.4, -0.2) is 15.2 Å². The lowest BCUT2D eigenvalue weighted by molar-refractivity contribution is 1.05. The van der Waals surface area contributed by atoms with Crippen LogP contribution in [0.25, 0.3) is 10.3 Å². The zero-order chi connectivity index (χ0) is 7.14. The number of H-pyrrole nitrogens is 1. The van der Waals surface area contributed by atoms with Crippen LogP contribution < -0.4 is 0 Å². The number of aryl methyl sites for hydroxylation is 2. The van der Waals surface area contributed by atoms with E-state index in [0.717, 1.165) is 16.3 Å². The third-order valence-electron chi connectivity index (χ3n) is 1.39. The van der Waals surface area contributed by atoms with Gasteiger partial charge in [-0.15, -0.1) is 11.3 Å². The molecule has 0 aliphatic rings.